The number of rotatable bonds is 6. The predicted molar refractivity (Wildman–Crippen MR) is 92.3 cm³/mol. The van der Waals surface area contributed by atoms with Crippen molar-refractivity contribution in [2.75, 3.05) is 33.3 Å². The molecule has 0 aromatic carbocycles. The lowest BCUT2D eigenvalue weighted by Crippen LogP contribution is -2.53. The van der Waals surface area contributed by atoms with Crippen molar-refractivity contribution in [2.45, 2.75) is 45.3 Å². The van der Waals surface area contributed by atoms with Gasteiger partial charge in [0.25, 0.3) is 0 Å². The molecule has 3 rings (SSSR count). The highest BCUT2D eigenvalue weighted by Gasteiger charge is 2.30. The fourth-order valence-electron chi connectivity index (χ4n) is 3.17. The lowest BCUT2D eigenvalue weighted by atomic mass is 10.2. The molecule has 1 N–H and O–H groups in total. The van der Waals surface area contributed by atoms with Gasteiger partial charge in [0.2, 0.25) is 11.7 Å². The van der Waals surface area contributed by atoms with Gasteiger partial charge in [0.15, 0.2) is 0 Å². The average molecular weight is 349 g/mol. The van der Waals surface area contributed by atoms with E-state index >= 15 is 0 Å². The van der Waals surface area contributed by atoms with E-state index in [9.17, 15) is 9.59 Å². The van der Waals surface area contributed by atoms with Gasteiger partial charge in [-0.1, -0.05) is 0 Å². The summed E-state index contributed by atoms with van der Waals surface area (Å²) >= 11 is 0. The number of methoxy groups -OCH3 is 1. The van der Waals surface area contributed by atoms with E-state index in [1.807, 2.05) is 19.9 Å². The third-order valence-corrected chi connectivity index (χ3v) is 4.98. The van der Waals surface area contributed by atoms with Crippen LogP contribution in [0.2, 0.25) is 0 Å². The molecule has 1 aliphatic heterocycles. The summed E-state index contributed by atoms with van der Waals surface area (Å²) in [6.07, 6.45) is 2.23. The minimum atomic E-state index is -0.441. The van der Waals surface area contributed by atoms with E-state index in [0.717, 1.165) is 50.3 Å². The van der Waals surface area contributed by atoms with Gasteiger partial charge in [0.05, 0.1) is 19.7 Å². The molecule has 2 heterocycles. The number of nitrogens with one attached hydrogen (secondary N) is 1. The van der Waals surface area contributed by atoms with Gasteiger partial charge >= 0.3 is 5.97 Å². The first-order valence-electron chi connectivity index (χ1n) is 8.92. The zero-order valence-corrected chi connectivity index (χ0v) is 15.2. The molecule has 0 unspecified atom stereocenters. The summed E-state index contributed by atoms with van der Waals surface area (Å²) in [4.78, 5) is 28.3. The van der Waals surface area contributed by atoms with Gasteiger partial charge in [-0.2, -0.15) is 0 Å². The zero-order chi connectivity index (χ0) is 18.0. The van der Waals surface area contributed by atoms with Crippen LogP contribution >= 0.6 is 0 Å². The van der Waals surface area contributed by atoms with Gasteiger partial charge in [0.1, 0.15) is 5.76 Å². The molecule has 1 aromatic heterocycles. The molecule has 1 saturated carbocycles. The summed E-state index contributed by atoms with van der Waals surface area (Å²) in [5.74, 6) is 0.747. The van der Waals surface area contributed by atoms with Crippen molar-refractivity contribution in [3.05, 3.63) is 23.2 Å². The number of nitrogens with zero attached hydrogens (tertiary/aromatic N) is 2. The third-order valence-electron chi connectivity index (χ3n) is 4.98. The van der Waals surface area contributed by atoms with E-state index < -0.39 is 5.97 Å². The number of aryl methyl sites for hydroxylation is 1. The summed E-state index contributed by atoms with van der Waals surface area (Å²) in [5.41, 5.74) is 0.797. The number of hydrogen-bond acceptors (Lipinski definition) is 6. The molecule has 1 aromatic rings. The van der Waals surface area contributed by atoms with Crippen molar-refractivity contribution in [3.63, 3.8) is 0 Å². The van der Waals surface area contributed by atoms with Crippen LogP contribution in [-0.2, 0) is 16.1 Å². The van der Waals surface area contributed by atoms with Crippen molar-refractivity contribution in [1.82, 2.24) is 15.1 Å². The van der Waals surface area contributed by atoms with Gasteiger partial charge in [-0.3, -0.25) is 14.6 Å². The highest BCUT2D eigenvalue weighted by molar-refractivity contribution is 5.87. The molecule has 0 spiro atoms. The molecule has 1 amide bonds. The Morgan fingerprint density at radius 2 is 2.00 bits per heavy atom. The summed E-state index contributed by atoms with van der Waals surface area (Å²) in [6.45, 7) is 7.92. The van der Waals surface area contributed by atoms with E-state index in [-0.39, 0.29) is 17.7 Å². The van der Waals surface area contributed by atoms with Crippen molar-refractivity contribution in [1.29, 1.82) is 0 Å². The number of amides is 1. The van der Waals surface area contributed by atoms with Crippen LogP contribution in [0.5, 0.6) is 0 Å². The number of ether oxygens (including phenoxy) is 1. The molecular formula is C18H27N3O4. The van der Waals surface area contributed by atoms with Gasteiger partial charge < -0.3 is 14.5 Å². The molecule has 0 bridgehead atoms. The third kappa shape index (κ3) is 4.41. The number of esters is 1. The lowest BCUT2D eigenvalue weighted by molar-refractivity contribution is -0.126. The first-order valence-corrected chi connectivity index (χ1v) is 8.92. The summed E-state index contributed by atoms with van der Waals surface area (Å²) < 4.78 is 10.4. The van der Waals surface area contributed by atoms with Gasteiger partial charge in [-0.25, -0.2) is 4.79 Å². The van der Waals surface area contributed by atoms with Gasteiger partial charge in [-0.15, -0.1) is 0 Å². The monoisotopic (exact) mass is 349 g/mol. The Bertz CT molecular complexity index is 630. The van der Waals surface area contributed by atoms with E-state index in [2.05, 4.69) is 15.1 Å². The van der Waals surface area contributed by atoms with Crippen molar-refractivity contribution in [3.8, 4) is 0 Å². The fourth-order valence-corrected chi connectivity index (χ4v) is 3.17. The summed E-state index contributed by atoms with van der Waals surface area (Å²) in [6, 6.07) is 2.21. The second-order valence-corrected chi connectivity index (χ2v) is 6.99. The Morgan fingerprint density at radius 1 is 1.32 bits per heavy atom. The number of hydrogen-bond donors (Lipinski definition) is 1. The molecule has 0 radical (unpaired) electrons. The second-order valence-electron chi connectivity index (χ2n) is 6.99. The fraction of sp³-hybridized carbons (Fsp3) is 0.667. The maximum atomic E-state index is 12.2. The highest BCUT2D eigenvalue weighted by Crippen LogP contribution is 2.20. The first kappa shape index (κ1) is 17.9. The van der Waals surface area contributed by atoms with Crippen LogP contribution in [0.1, 0.15) is 41.6 Å². The molecule has 1 atom stereocenters. The molecular weight excluding hydrogens is 322 g/mol. The Balaban J connectivity index is 1.49. The standard InChI is InChI=1S/C18H27N3O4/c1-12-10-15(25-16(12)18(23)24-3)11-20-6-8-21(9-7-20)13(2)17(22)19-14-4-5-14/h10,13-14H,4-9,11H2,1-3H3,(H,19,22)/t13-/m1/s1. The second kappa shape index (κ2) is 7.58. The molecule has 7 nitrogen and oxygen atoms in total. The number of furan rings is 1. The first-order chi connectivity index (χ1) is 12.0. The quantitative estimate of drug-likeness (QED) is 0.777. The Hall–Kier alpha value is -1.86. The Morgan fingerprint density at radius 3 is 2.60 bits per heavy atom. The van der Waals surface area contributed by atoms with Crippen LogP contribution in [0.4, 0.5) is 0 Å². The van der Waals surface area contributed by atoms with E-state index in [1.165, 1.54) is 7.11 Å². The summed E-state index contributed by atoms with van der Waals surface area (Å²) in [5, 5.41) is 3.07. The minimum absolute atomic E-state index is 0.0838. The summed E-state index contributed by atoms with van der Waals surface area (Å²) in [7, 11) is 1.35. The number of carbonyl (C=O) groups excluding carboxylic acids is 2. The van der Waals surface area contributed by atoms with Crippen LogP contribution < -0.4 is 5.32 Å². The van der Waals surface area contributed by atoms with E-state index in [4.69, 9.17) is 9.15 Å². The van der Waals surface area contributed by atoms with E-state index in [0.29, 0.717) is 12.6 Å². The van der Waals surface area contributed by atoms with Crippen LogP contribution in [0.15, 0.2) is 10.5 Å². The lowest BCUT2D eigenvalue weighted by Gasteiger charge is -2.37. The van der Waals surface area contributed by atoms with Crippen LogP contribution in [0.25, 0.3) is 0 Å². The molecule has 1 saturated heterocycles. The average Bonchev–Trinajstić information content (AvgIpc) is 3.35. The largest absolute Gasteiger partial charge is 0.463 e. The van der Waals surface area contributed by atoms with Crippen molar-refractivity contribution in [2.24, 2.45) is 0 Å². The maximum absolute atomic E-state index is 12.2. The Labute approximate surface area is 148 Å². The molecule has 25 heavy (non-hydrogen) atoms. The van der Waals surface area contributed by atoms with Gasteiger partial charge in [0, 0.05) is 37.8 Å². The van der Waals surface area contributed by atoms with Gasteiger partial charge in [-0.05, 0) is 32.8 Å². The topological polar surface area (TPSA) is 75.0 Å². The minimum Gasteiger partial charge on any atom is -0.463 e. The Kier molecular flexibility index (Phi) is 5.44. The van der Waals surface area contributed by atoms with Crippen LogP contribution in [-0.4, -0.2) is 67.0 Å². The highest BCUT2D eigenvalue weighted by atomic mass is 16.5. The molecule has 2 fully saturated rings. The number of carbonyl (C=O) groups is 2. The predicted octanol–water partition coefficient (Wildman–Crippen LogP) is 1.16. The normalized spacial score (nSPS) is 20.3. The smallest absolute Gasteiger partial charge is 0.374 e. The number of piperazine rings is 1. The SMILES string of the molecule is COC(=O)c1oc(CN2CCN([C@H](C)C(=O)NC3CC3)CC2)cc1C. The maximum Gasteiger partial charge on any atom is 0.374 e. The molecule has 7 heteroatoms. The molecule has 1 aliphatic carbocycles. The van der Waals surface area contributed by atoms with Crippen LogP contribution in [0, 0.1) is 6.92 Å². The van der Waals surface area contributed by atoms with Crippen molar-refractivity contribution >= 4 is 11.9 Å². The van der Waals surface area contributed by atoms with Crippen molar-refractivity contribution < 1.29 is 18.7 Å². The zero-order valence-electron chi connectivity index (χ0n) is 15.2. The molecule has 138 valence electrons. The van der Waals surface area contributed by atoms with E-state index in [1.54, 1.807) is 0 Å². The van der Waals surface area contributed by atoms with Crippen LogP contribution in [0.3, 0.4) is 0 Å². The molecule has 2 aliphatic rings.